The summed E-state index contributed by atoms with van der Waals surface area (Å²) >= 11 is 0. The molecule has 4 rings (SSSR count). The number of carbonyl (C=O) groups is 2. The highest BCUT2D eigenvalue weighted by atomic mass is 16.5. The van der Waals surface area contributed by atoms with Gasteiger partial charge in [-0.25, -0.2) is 0 Å². The largest absolute Gasteiger partial charge is 0.426 e. The highest BCUT2D eigenvalue weighted by Crippen LogP contribution is 2.65. The van der Waals surface area contributed by atoms with Gasteiger partial charge >= 0.3 is 5.97 Å². The number of hydrogen-bond donors (Lipinski definition) is 0. The fraction of sp³-hybridized carbons (Fsp3) is 0.385. The SMILES string of the molecule is CC12CCC(/C(=C/C(Cc3ccccc3)C(=O)Oc3ccccc3)C1=O)C2(C)C. The highest BCUT2D eigenvalue weighted by molar-refractivity contribution is 6.05. The number of para-hydroxylation sites is 1. The Hall–Kier alpha value is -2.68. The minimum atomic E-state index is -0.490. The number of rotatable bonds is 5. The van der Waals surface area contributed by atoms with Crippen LogP contribution in [0.4, 0.5) is 0 Å². The molecule has 0 heterocycles. The molecule has 3 atom stereocenters. The second-order valence-electron chi connectivity index (χ2n) is 9.13. The summed E-state index contributed by atoms with van der Waals surface area (Å²) in [4.78, 5) is 26.3. The van der Waals surface area contributed by atoms with Crippen molar-refractivity contribution in [3.8, 4) is 5.75 Å². The number of fused-ring (bicyclic) bond motifs is 2. The molecule has 0 aromatic heterocycles. The van der Waals surface area contributed by atoms with Gasteiger partial charge in [-0.05, 0) is 53.9 Å². The lowest BCUT2D eigenvalue weighted by Crippen LogP contribution is -2.32. The standard InChI is InChI=1S/C26H28O3/c1-25(2)22-14-15-26(25,3)23(27)21(22)17-19(16-18-10-6-4-7-11-18)24(28)29-20-12-8-5-9-13-20/h4-13,17,19,22H,14-16H2,1-3H3/b21-17-. The predicted octanol–water partition coefficient (Wildman–Crippen LogP) is 5.40. The molecule has 2 aliphatic rings. The number of allylic oxidation sites excluding steroid dienone is 1. The highest BCUT2D eigenvalue weighted by Gasteiger charge is 2.64. The molecule has 0 saturated heterocycles. The summed E-state index contributed by atoms with van der Waals surface area (Å²) in [5.41, 5.74) is 1.48. The van der Waals surface area contributed by atoms with E-state index >= 15 is 0 Å². The lowest BCUT2D eigenvalue weighted by molar-refractivity contribution is -0.137. The van der Waals surface area contributed by atoms with Gasteiger partial charge in [-0.2, -0.15) is 0 Å². The third kappa shape index (κ3) is 3.33. The van der Waals surface area contributed by atoms with Crippen LogP contribution in [0.5, 0.6) is 5.75 Å². The van der Waals surface area contributed by atoms with E-state index in [1.54, 1.807) is 12.1 Å². The molecular weight excluding hydrogens is 360 g/mol. The van der Waals surface area contributed by atoms with Crippen LogP contribution in [-0.2, 0) is 16.0 Å². The predicted molar refractivity (Wildman–Crippen MR) is 113 cm³/mol. The van der Waals surface area contributed by atoms with Crippen molar-refractivity contribution < 1.29 is 14.3 Å². The fourth-order valence-electron chi connectivity index (χ4n) is 5.10. The maximum absolute atomic E-state index is 13.3. The van der Waals surface area contributed by atoms with Crippen molar-refractivity contribution in [3.63, 3.8) is 0 Å². The summed E-state index contributed by atoms with van der Waals surface area (Å²) in [5.74, 6) is 0.147. The maximum Gasteiger partial charge on any atom is 0.318 e. The quantitative estimate of drug-likeness (QED) is 0.391. The van der Waals surface area contributed by atoms with Crippen molar-refractivity contribution in [3.05, 3.63) is 77.9 Å². The lowest BCUT2D eigenvalue weighted by Gasteiger charge is -2.31. The zero-order valence-corrected chi connectivity index (χ0v) is 17.4. The van der Waals surface area contributed by atoms with Crippen LogP contribution >= 0.6 is 0 Å². The molecule has 0 aliphatic heterocycles. The first-order valence-corrected chi connectivity index (χ1v) is 10.4. The van der Waals surface area contributed by atoms with E-state index in [-0.39, 0.29) is 28.5 Å². The monoisotopic (exact) mass is 388 g/mol. The smallest absolute Gasteiger partial charge is 0.318 e. The molecule has 0 spiro atoms. The number of benzene rings is 2. The number of hydrogen-bond acceptors (Lipinski definition) is 3. The van der Waals surface area contributed by atoms with Crippen molar-refractivity contribution in [2.24, 2.45) is 22.7 Å². The average Bonchev–Trinajstić information content (AvgIpc) is 3.02. The van der Waals surface area contributed by atoms with E-state index in [2.05, 4.69) is 20.8 Å². The first kappa shape index (κ1) is 19.6. The Bertz CT molecular complexity index is 942. The fourth-order valence-corrected chi connectivity index (χ4v) is 5.10. The van der Waals surface area contributed by atoms with Crippen LogP contribution < -0.4 is 4.74 Å². The number of Topliss-reactive ketones (excluding diaryl/α,β-unsaturated/α-hetero) is 1. The van der Waals surface area contributed by atoms with E-state index in [9.17, 15) is 9.59 Å². The Morgan fingerprint density at radius 3 is 2.28 bits per heavy atom. The minimum Gasteiger partial charge on any atom is -0.426 e. The summed E-state index contributed by atoms with van der Waals surface area (Å²) in [6.45, 7) is 6.47. The van der Waals surface area contributed by atoms with Gasteiger partial charge in [0.15, 0.2) is 5.78 Å². The Morgan fingerprint density at radius 1 is 1.07 bits per heavy atom. The molecule has 2 aromatic rings. The van der Waals surface area contributed by atoms with Gasteiger partial charge in [-0.3, -0.25) is 9.59 Å². The van der Waals surface area contributed by atoms with Crippen LogP contribution in [-0.4, -0.2) is 11.8 Å². The number of ketones is 1. The second-order valence-corrected chi connectivity index (χ2v) is 9.13. The first-order valence-electron chi connectivity index (χ1n) is 10.4. The first-order chi connectivity index (χ1) is 13.8. The number of esters is 1. The van der Waals surface area contributed by atoms with Gasteiger partial charge < -0.3 is 4.74 Å². The third-order valence-electron chi connectivity index (χ3n) is 7.31. The van der Waals surface area contributed by atoms with Gasteiger partial charge in [0, 0.05) is 5.41 Å². The minimum absolute atomic E-state index is 0.0729. The molecule has 2 bridgehead atoms. The summed E-state index contributed by atoms with van der Waals surface area (Å²) in [7, 11) is 0. The molecule has 3 nitrogen and oxygen atoms in total. The topological polar surface area (TPSA) is 43.4 Å². The number of carbonyl (C=O) groups excluding carboxylic acids is 2. The van der Waals surface area contributed by atoms with E-state index in [1.165, 1.54) is 0 Å². The maximum atomic E-state index is 13.3. The Morgan fingerprint density at radius 2 is 1.69 bits per heavy atom. The molecule has 0 N–H and O–H groups in total. The van der Waals surface area contributed by atoms with Crippen molar-refractivity contribution >= 4 is 11.8 Å². The van der Waals surface area contributed by atoms with Gasteiger partial charge in [0.1, 0.15) is 5.75 Å². The van der Waals surface area contributed by atoms with Crippen LogP contribution in [0.1, 0.15) is 39.2 Å². The lowest BCUT2D eigenvalue weighted by atomic mass is 9.70. The Balaban J connectivity index is 1.66. The molecule has 0 radical (unpaired) electrons. The number of ether oxygens (including phenoxy) is 1. The van der Waals surface area contributed by atoms with Crippen LogP contribution in [0.15, 0.2) is 72.3 Å². The second kappa shape index (κ2) is 7.29. The van der Waals surface area contributed by atoms with Crippen LogP contribution in [0.25, 0.3) is 0 Å². The molecule has 29 heavy (non-hydrogen) atoms. The molecule has 2 saturated carbocycles. The molecule has 3 heteroatoms. The van der Waals surface area contributed by atoms with Crippen molar-refractivity contribution in [1.29, 1.82) is 0 Å². The van der Waals surface area contributed by atoms with Crippen molar-refractivity contribution in [2.75, 3.05) is 0 Å². The van der Waals surface area contributed by atoms with Crippen LogP contribution in [0.3, 0.4) is 0 Å². The van der Waals surface area contributed by atoms with E-state index in [1.807, 2.05) is 54.6 Å². The van der Waals surface area contributed by atoms with Crippen molar-refractivity contribution in [1.82, 2.24) is 0 Å². The molecule has 2 aliphatic carbocycles. The van der Waals surface area contributed by atoms with E-state index < -0.39 is 5.92 Å². The summed E-state index contributed by atoms with van der Waals surface area (Å²) in [6, 6.07) is 19.0. The van der Waals surface area contributed by atoms with Gasteiger partial charge in [-0.15, -0.1) is 0 Å². The molecule has 2 aromatic carbocycles. The molecule has 2 fully saturated rings. The zero-order valence-electron chi connectivity index (χ0n) is 17.4. The van der Waals surface area contributed by atoms with Gasteiger partial charge in [-0.1, -0.05) is 75.4 Å². The van der Waals surface area contributed by atoms with Gasteiger partial charge in [0.05, 0.1) is 5.92 Å². The zero-order chi connectivity index (χ0) is 20.6. The summed E-state index contributed by atoms with van der Waals surface area (Å²) in [6.07, 6.45) is 4.37. The van der Waals surface area contributed by atoms with E-state index in [0.29, 0.717) is 12.2 Å². The van der Waals surface area contributed by atoms with Gasteiger partial charge in [0.25, 0.3) is 0 Å². The van der Waals surface area contributed by atoms with Crippen LogP contribution in [0.2, 0.25) is 0 Å². The average molecular weight is 389 g/mol. The van der Waals surface area contributed by atoms with Crippen molar-refractivity contribution in [2.45, 2.75) is 40.0 Å². The van der Waals surface area contributed by atoms with Crippen LogP contribution in [0, 0.1) is 22.7 Å². The Labute approximate surface area is 172 Å². The van der Waals surface area contributed by atoms with E-state index in [0.717, 1.165) is 24.0 Å². The molecule has 0 amide bonds. The van der Waals surface area contributed by atoms with Gasteiger partial charge in [0.2, 0.25) is 0 Å². The normalized spacial score (nSPS) is 27.2. The molecule has 3 unspecified atom stereocenters. The Kier molecular flexibility index (Phi) is 4.94. The summed E-state index contributed by atoms with van der Waals surface area (Å²) < 4.78 is 5.66. The van der Waals surface area contributed by atoms with E-state index in [4.69, 9.17) is 4.74 Å². The molecular formula is C26H28O3. The third-order valence-corrected chi connectivity index (χ3v) is 7.31. The summed E-state index contributed by atoms with van der Waals surface area (Å²) in [5, 5.41) is 0. The molecule has 150 valence electrons.